The van der Waals surface area contributed by atoms with Crippen LogP contribution < -0.4 is 5.32 Å². The van der Waals surface area contributed by atoms with Crippen molar-refractivity contribution < 1.29 is 13.2 Å². The molecule has 0 unspecified atom stereocenters. The third-order valence-corrected chi connectivity index (χ3v) is 7.58. The van der Waals surface area contributed by atoms with Gasteiger partial charge in [0, 0.05) is 30.1 Å². The first-order valence-corrected chi connectivity index (χ1v) is 11.9. The number of sulfonamides is 1. The van der Waals surface area contributed by atoms with Gasteiger partial charge in [0.25, 0.3) is 0 Å². The Labute approximate surface area is 186 Å². The molecule has 1 fully saturated rings. The number of hydrogen-bond donors (Lipinski definition) is 1. The third kappa shape index (κ3) is 4.98. The van der Waals surface area contributed by atoms with Gasteiger partial charge in [0.1, 0.15) is 5.82 Å². The zero-order valence-electron chi connectivity index (χ0n) is 16.8. The van der Waals surface area contributed by atoms with E-state index in [2.05, 4.69) is 10.4 Å². The van der Waals surface area contributed by atoms with E-state index >= 15 is 0 Å². The summed E-state index contributed by atoms with van der Waals surface area (Å²) in [7, 11) is -3.59. The molecule has 1 N–H and O–H groups in total. The lowest BCUT2D eigenvalue weighted by molar-refractivity contribution is -0.121. The Morgan fingerprint density at radius 3 is 2.39 bits per heavy atom. The number of carbonyl (C=O) groups excluding carboxylic acids is 1. The van der Waals surface area contributed by atoms with E-state index in [1.165, 1.54) is 16.4 Å². The molecule has 9 heteroatoms. The van der Waals surface area contributed by atoms with E-state index in [1.54, 1.807) is 29.1 Å². The maximum atomic E-state index is 12.8. The molecular weight excluding hydrogens is 436 g/mol. The van der Waals surface area contributed by atoms with E-state index in [0.717, 1.165) is 5.56 Å². The van der Waals surface area contributed by atoms with Gasteiger partial charge in [-0.15, -0.1) is 0 Å². The molecule has 0 aliphatic carbocycles. The van der Waals surface area contributed by atoms with Crippen molar-refractivity contribution in [2.75, 3.05) is 18.4 Å². The number of nitrogens with one attached hydrogen (secondary N) is 1. The molecule has 1 aliphatic heterocycles. The Kier molecular flexibility index (Phi) is 6.41. The number of amides is 1. The molecule has 4 rings (SSSR count). The lowest BCUT2D eigenvalue weighted by atomic mass is 9.97. The van der Waals surface area contributed by atoms with E-state index in [4.69, 9.17) is 11.6 Å². The number of benzene rings is 2. The van der Waals surface area contributed by atoms with Gasteiger partial charge in [-0.1, -0.05) is 41.9 Å². The van der Waals surface area contributed by atoms with Crippen molar-refractivity contribution in [3.63, 3.8) is 0 Å². The monoisotopic (exact) mass is 458 g/mol. The minimum absolute atomic E-state index is 0.113. The highest BCUT2D eigenvalue weighted by molar-refractivity contribution is 7.89. The Morgan fingerprint density at radius 2 is 1.71 bits per heavy atom. The van der Waals surface area contributed by atoms with E-state index < -0.39 is 10.0 Å². The van der Waals surface area contributed by atoms with Crippen LogP contribution in [0.15, 0.2) is 71.8 Å². The summed E-state index contributed by atoms with van der Waals surface area (Å²) in [6, 6.07) is 17.8. The molecule has 2 heterocycles. The van der Waals surface area contributed by atoms with Crippen LogP contribution >= 0.6 is 11.6 Å². The fourth-order valence-corrected chi connectivity index (χ4v) is 5.26. The molecule has 1 aliphatic rings. The number of nitrogens with zero attached hydrogens (tertiary/aromatic N) is 3. The maximum absolute atomic E-state index is 12.8. The molecule has 3 aromatic rings. The minimum Gasteiger partial charge on any atom is -0.311 e. The summed E-state index contributed by atoms with van der Waals surface area (Å²) in [5.74, 6) is 0.264. The molecule has 31 heavy (non-hydrogen) atoms. The average Bonchev–Trinajstić information content (AvgIpc) is 3.21. The van der Waals surface area contributed by atoms with Crippen LogP contribution in [0.5, 0.6) is 0 Å². The van der Waals surface area contributed by atoms with E-state index in [1.807, 2.05) is 30.3 Å². The molecule has 1 aromatic heterocycles. The van der Waals surface area contributed by atoms with Crippen LogP contribution in [0.1, 0.15) is 18.4 Å². The number of piperidine rings is 1. The highest BCUT2D eigenvalue weighted by Gasteiger charge is 2.32. The Morgan fingerprint density at radius 1 is 1.03 bits per heavy atom. The fraction of sp³-hybridized carbons (Fsp3) is 0.273. The van der Waals surface area contributed by atoms with Gasteiger partial charge in [0.05, 0.1) is 17.6 Å². The SMILES string of the molecule is O=C(Nc1ccnn1Cc1ccccc1)C1CCN(S(=O)(=O)c2ccc(Cl)cc2)CC1. The summed E-state index contributed by atoms with van der Waals surface area (Å²) in [6.07, 6.45) is 2.58. The van der Waals surface area contributed by atoms with Crippen LogP contribution in [0, 0.1) is 5.92 Å². The normalized spacial score (nSPS) is 15.6. The highest BCUT2D eigenvalue weighted by atomic mass is 35.5. The molecule has 2 aromatic carbocycles. The molecule has 7 nitrogen and oxygen atoms in total. The zero-order chi connectivity index (χ0) is 21.8. The lowest BCUT2D eigenvalue weighted by Crippen LogP contribution is -2.41. The van der Waals surface area contributed by atoms with Gasteiger partial charge >= 0.3 is 0 Å². The predicted octanol–water partition coefficient (Wildman–Crippen LogP) is 3.62. The zero-order valence-corrected chi connectivity index (χ0v) is 18.4. The first-order valence-electron chi connectivity index (χ1n) is 10.1. The molecule has 1 amide bonds. The van der Waals surface area contributed by atoms with Crippen molar-refractivity contribution in [2.24, 2.45) is 5.92 Å². The largest absolute Gasteiger partial charge is 0.311 e. The van der Waals surface area contributed by atoms with Crippen LogP contribution in [0.3, 0.4) is 0 Å². The number of rotatable bonds is 6. The molecule has 0 saturated carbocycles. The summed E-state index contributed by atoms with van der Waals surface area (Å²) in [6.45, 7) is 1.15. The van der Waals surface area contributed by atoms with Crippen molar-refractivity contribution in [1.29, 1.82) is 0 Å². The maximum Gasteiger partial charge on any atom is 0.243 e. The van der Waals surface area contributed by atoms with Gasteiger partial charge in [-0.2, -0.15) is 9.40 Å². The molecule has 0 atom stereocenters. The number of anilines is 1. The van der Waals surface area contributed by atoms with Gasteiger partial charge < -0.3 is 5.32 Å². The van der Waals surface area contributed by atoms with Crippen molar-refractivity contribution in [2.45, 2.75) is 24.3 Å². The third-order valence-electron chi connectivity index (χ3n) is 5.42. The first kappa shape index (κ1) is 21.5. The smallest absolute Gasteiger partial charge is 0.243 e. The number of aromatic nitrogens is 2. The Hall–Kier alpha value is -2.68. The lowest BCUT2D eigenvalue weighted by Gasteiger charge is -2.30. The topological polar surface area (TPSA) is 84.3 Å². The van der Waals surface area contributed by atoms with Crippen LogP contribution in [0.25, 0.3) is 0 Å². The van der Waals surface area contributed by atoms with Gasteiger partial charge in [-0.3, -0.25) is 4.79 Å². The molecule has 0 spiro atoms. The molecule has 0 bridgehead atoms. The van der Waals surface area contributed by atoms with Crippen LogP contribution in [0.2, 0.25) is 5.02 Å². The van der Waals surface area contributed by atoms with Crippen molar-refractivity contribution in [3.05, 3.63) is 77.4 Å². The quantitative estimate of drug-likeness (QED) is 0.611. The summed E-state index contributed by atoms with van der Waals surface area (Å²) in [4.78, 5) is 13.0. The summed E-state index contributed by atoms with van der Waals surface area (Å²) >= 11 is 5.86. The second-order valence-electron chi connectivity index (χ2n) is 7.48. The number of carbonyl (C=O) groups is 1. The molecule has 0 radical (unpaired) electrons. The van der Waals surface area contributed by atoms with Crippen molar-refractivity contribution in [3.8, 4) is 0 Å². The van der Waals surface area contributed by atoms with E-state index in [9.17, 15) is 13.2 Å². The average molecular weight is 459 g/mol. The summed E-state index contributed by atoms with van der Waals surface area (Å²) < 4.78 is 28.8. The summed E-state index contributed by atoms with van der Waals surface area (Å²) in [5, 5.41) is 7.74. The van der Waals surface area contributed by atoms with Gasteiger partial charge in [-0.25, -0.2) is 13.1 Å². The van der Waals surface area contributed by atoms with E-state index in [0.29, 0.717) is 43.3 Å². The second kappa shape index (κ2) is 9.21. The molecular formula is C22H23ClN4O3S. The van der Waals surface area contributed by atoms with Gasteiger partial charge in [-0.05, 0) is 42.7 Å². The predicted molar refractivity (Wildman–Crippen MR) is 119 cm³/mol. The Balaban J connectivity index is 1.36. The number of hydrogen-bond acceptors (Lipinski definition) is 4. The van der Waals surface area contributed by atoms with Crippen LogP contribution in [-0.4, -0.2) is 41.5 Å². The molecule has 1 saturated heterocycles. The van der Waals surface area contributed by atoms with Crippen molar-refractivity contribution >= 4 is 33.3 Å². The first-order chi connectivity index (χ1) is 14.9. The second-order valence-corrected chi connectivity index (χ2v) is 9.86. The standard InChI is InChI=1S/C22H23ClN4O3S/c23-19-6-8-20(9-7-19)31(29,30)26-14-11-18(12-15-26)22(28)25-21-10-13-24-27(21)16-17-4-2-1-3-5-17/h1-10,13,18H,11-12,14-16H2,(H,25,28). The minimum atomic E-state index is -3.59. The summed E-state index contributed by atoms with van der Waals surface area (Å²) in [5.41, 5.74) is 1.09. The van der Waals surface area contributed by atoms with Gasteiger partial charge in [0.15, 0.2) is 0 Å². The fourth-order valence-electron chi connectivity index (χ4n) is 3.66. The van der Waals surface area contributed by atoms with Crippen LogP contribution in [0.4, 0.5) is 5.82 Å². The Bertz CT molecular complexity index is 1140. The highest BCUT2D eigenvalue weighted by Crippen LogP contribution is 2.25. The van der Waals surface area contributed by atoms with Crippen molar-refractivity contribution in [1.82, 2.24) is 14.1 Å². The number of halogens is 1. The van der Waals surface area contributed by atoms with Crippen LogP contribution in [-0.2, 0) is 21.4 Å². The van der Waals surface area contributed by atoms with Gasteiger partial charge in [0.2, 0.25) is 15.9 Å². The molecule has 162 valence electrons. The van der Waals surface area contributed by atoms with E-state index in [-0.39, 0.29) is 16.7 Å².